The number of hydrogen-bond acceptors (Lipinski definition) is 5. The minimum Gasteiger partial charge on any atom is -0.496 e. The largest absolute Gasteiger partial charge is 0.496 e. The lowest BCUT2D eigenvalue weighted by Crippen LogP contribution is -2.27. The fourth-order valence-electron chi connectivity index (χ4n) is 2.89. The van der Waals surface area contributed by atoms with Crippen LogP contribution in [0.4, 0.5) is 0 Å². The molecule has 0 spiro atoms. The zero-order chi connectivity index (χ0) is 20.6. The number of aromatic nitrogens is 3. The van der Waals surface area contributed by atoms with E-state index in [-0.39, 0.29) is 11.7 Å². The molecule has 1 amide bonds. The lowest BCUT2D eigenvalue weighted by molar-refractivity contribution is -0.118. The van der Waals surface area contributed by atoms with Gasteiger partial charge >= 0.3 is 0 Å². The molecule has 0 saturated heterocycles. The number of nitrogens with one attached hydrogen (secondary N) is 1. The summed E-state index contributed by atoms with van der Waals surface area (Å²) in [4.78, 5) is 12.2. The summed E-state index contributed by atoms with van der Waals surface area (Å²) < 4.78 is 7.42. The normalized spacial score (nSPS) is 10.7. The van der Waals surface area contributed by atoms with E-state index >= 15 is 0 Å². The van der Waals surface area contributed by atoms with Gasteiger partial charge in [0.2, 0.25) is 5.91 Å². The third-order valence-corrected chi connectivity index (χ3v) is 5.58. The number of methoxy groups -OCH3 is 1. The minimum absolute atomic E-state index is 0.0338. The summed E-state index contributed by atoms with van der Waals surface area (Å²) >= 11 is 7.26. The van der Waals surface area contributed by atoms with Crippen molar-refractivity contribution in [2.75, 3.05) is 19.4 Å². The van der Waals surface area contributed by atoms with E-state index in [1.807, 2.05) is 60.0 Å². The summed E-state index contributed by atoms with van der Waals surface area (Å²) in [6.45, 7) is 3.30. The number of para-hydroxylation sites is 1. The second-order valence-corrected chi connectivity index (χ2v) is 7.64. The summed E-state index contributed by atoms with van der Waals surface area (Å²) in [5.41, 5.74) is 2.01. The van der Waals surface area contributed by atoms with Crippen LogP contribution in [-0.2, 0) is 17.8 Å². The fourth-order valence-corrected chi connectivity index (χ4v) is 3.85. The zero-order valence-corrected chi connectivity index (χ0v) is 18.0. The first kappa shape index (κ1) is 21.2. The monoisotopic (exact) mass is 430 g/mol. The Morgan fingerprint density at radius 3 is 2.66 bits per heavy atom. The van der Waals surface area contributed by atoms with Crippen molar-refractivity contribution < 1.29 is 9.53 Å². The number of thioether (sulfide) groups is 1. The smallest absolute Gasteiger partial charge is 0.230 e. The van der Waals surface area contributed by atoms with E-state index in [1.165, 1.54) is 11.8 Å². The molecule has 0 atom stereocenters. The van der Waals surface area contributed by atoms with Crippen LogP contribution in [0.1, 0.15) is 12.5 Å². The number of amides is 1. The molecule has 0 aliphatic heterocycles. The summed E-state index contributed by atoms with van der Waals surface area (Å²) in [5, 5.41) is 13.0. The van der Waals surface area contributed by atoms with Crippen LogP contribution < -0.4 is 10.1 Å². The predicted molar refractivity (Wildman–Crippen MR) is 117 cm³/mol. The maximum atomic E-state index is 12.2. The predicted octanol–water partition coefficient (Wildman–Crippen LogP) is 4.08. The van der Waals surface area contributed by atoms with Crippen LogP contribution in [0, 0.1) is 0 Å². The van der Waals surface area contributed by atoms with Crippen LogP contribution >= 0.6 is 23.4 Å². The van der Waals surface area contributed by atoms with Crippen LogP contribution in [0.2, 0.25) is 5.02 Å². The number of benzene rings is 2. The van der Waals surface area contributed by atoms with Crippen molar-refractivity contribution in [3.8, 4) is 17.1 Å². The van der Waals surface area contributed by atoms with Gasteiger partial charge in [-0.15, -0.1) is 10.2 Å². The van der Waals surface area contributed by atoms with Crippen molar-refractivity contribution in [1.29, 1.82) is 0 Å². The second-order valence-electron chi connectivity index (χ2n) is 6.27. The topological polar surface area (TPSA) is 69.0 Å². The Morgan fingerprint density at radius 2 is 1.93 bits per heavy atom. The first-order valence-corrected chi connectivity index (χ1v) is 10.7. The minimum atomic E-state index is -0.0338. The highest BCUT2D eigenvalue weighted by Gasteiger charge is 2.17. The molecule has 8 heteroatoms. The molecule has 3 aromatic rings. The Balaban J connectivity index is 1.57. The summed E-state index contributed by atoms with van der Waals surface area (Å²) in [5.74, 6) is 1.72. The maximum Gasteiger partial charge on any atom is 0.230 e. The Morgan fingerprint density at radius 1 is 1.17 bits per heavy atom. The van der Waals surface area contributed by atoms with Gasteiger partial charge in [-0.05, 0) is 43.2 Å². The molecule has 152 valence electrons. The van der Waals surface area contributed by atoms with Gasteiger partial charge in [-0.25, -0.2) is 0 Å². The van der Waals surface area contributed by atoms with E-state index < -0.39 is 0 Å². The number of hydrogen-bond donors (Lipinski definition) is 1. The highest BCUT2D eigenvalue weighted by atomic mass is 35.5. The molecule has 0 aliphatic rings. The molecule has 1 heterocycles. The number of nitrogens with zero attached hydrogens (tertiary/aromatic N) is 3. The lowest BCUT2D eigenvalue weighted by atomic mass is 10.1. The third-order valence-electron chi connectivity index (χ3n) is 4.36. The Kier molecular flexibility index (Phi) is 7.55. The molecule has 1 N–H and O–H groups in total. The van der Waals surface area contributed by atoms with Gasteiger partial charge in [-0.1, -0.05) is 47.6 Å². The van der Waals surface area contributed by atoms with Gasteiger partial charge in [-0.3, -0.25) is 4.79 Å². The van der Waals surface area contributed by atoms with E-state index in [9.17, 15) is 4.79 Å². The Labute approximate surface area is 179 Å². The van der Waals surface area contributed by atoms with Crippen LogP contribution in [0.5, 0.6) is 5.75 Å². The quantitative estimate of drug-likeness (QED) is 0.518. The molecule has 0 unspecified atom stereocenters. The van der Waals surface area contributed by atoms with Gasteiger partial charge in [0.15, 0.2) is 11.0 Å². The van der Waals surface area contributed by atoms with Crippen molar-refractivity contribution in [3.63, 3.8) is 0 Å². The van der Waals surface area contributed by atoms with Gasteiger partial charge in [0, 0.05) is 18.1 Å². The van der Waals surface area contributed by atoms with E-state index in [0.717, 1.165) is 29.1 Å². The lowest BCUT2D eigenvalue weighted by Gasteiger charge is -2.10. The molecule has 6 nitrogen and oxygen atoms in total. The standard InChI is InChI=1S/C21H23ClN4O2S/c1-3-26-20(17-6-4-5-7-18(17)28-2)24-25-21(26)29-14-19(27)23-13-12-15-8-10-16(22)11-9-15/h4-11H,3,12-14H2,1-2H3,(H,23,27). The highest BCUT2D eigenvalue weighted by Crippen LogP contribution is 2.30. The van der Waals surface area contributed by atoms with Crippen molar-refractivity contribution in [2.45, 2.75) is 25.0 Å². The first-order chi connectivity index (χ1) is 14.1. The summed E-state index contributed by atoms with van der Waals surface area (Å²) in [6.07, 6.45) is 0.761. The first-order valence-electron chi connectivity index (χ1n) is 9.33. The molecule has 0 fully saturated rings. The molecule has 2 aromatic carbocycles. The SMILES string of the molecule is CCn1c(SCC(=O)NCCc2ccc(Cl)cc2)nnc1-c1ccccc1OC. The number of halogens is 1. The highest BCUT2D eigenvalue weighted by molar-refractivity contribution is 7.99. The van der Waals surface area contributed by atoms with Gasteiger partial charge < -0.3 is 14.6 Å². The second kappa shape index (κ2) is 10.3. The van der Waals surface area contributed by atoms with Gasteiger partial charge in [0.1, 0.15) is 5.75 Å². The van der Waals surface area contributed by atoms with Crippen LogP contribution in [0.25, 0.3) is 11.4 Å². The van der Waals surface area contributed by atoms with E-state index in [1.54, 1.807) is 7.11 Å². The number of carbonyl (C=O) groups is 1. The van der Waals surface area contributed by atoms with Crippen molar-refractivity contribution in [2.24, 2.45) is 0 Å². The molecular weight excluding hydrogens is 408 g/mol. The molecule has 29 heavy (non-hydrogen) atoms. The number of carbonyl (C=O) groups excluding carboxylic acids is 1. The average Bonchev–Trinajstić information content (AvgIpc) is 3.16. The third kappa shape index (κ3) is 5.52. The molecule has 0 bridgehead atoms. The zero-order valence-electron chi connectivity index (χ0n) is 16.4. The number of rotatable bonds is 9. The van der Waals surface area contributed by atoms with Crippen molar-refractivity contribution in [1.82, 2.24) is 20.1 Å². The van der Waals surface area contributed by atoms with Crippen molar-refractivity contribution in [3.05, 3.63) is 59.1 Å². The van der Waals surface area contributed by atoms with Crippen LogP contribution in [0.3, 0.4) is 0 Å². The summed E-state index contributed by atoms with van der Waals surface area (Å²) in [6, 6.07) is 15.3. The van der Waals surface area contributed by atoms with Gasteiger partial charge in [-0.2, -0.15) is 0 Å². The van der Waals surface area contributed by atoms with Crippen LogP contribution in [0.15, 0.2) is 53.7 Å². The summed E-state index contributed by atoms with van der Waals surface area (Å²) in [7, 11) is 1.63. The maximum absolute atomic E-state index is 12.2. The molecular formula is C21H23ClN4O2S. The average molecular weight is 431 g/mol. The van der Waals surface area contributed by atoms with E-state index in [2.05, 4.69) is 15.5 Å². The number of ether oxygens (including phenoxy) is 1. The molecule has 0 aliphatic carbocycles. The van der Waals surface area contributed by atoms with Gasteiger partial charge in [0.05, 0.1) is 18.4 Å². The Bertz CT molecular complexity index is 960. The molecule has 0 radical (unpaired) electrons. The molecule has 1 aromatic heterocycles. The van der Waals surface area contributed by atoms with E-state index in [4.69, 9.17) is 16.3 Å². The van der Waals surface area contributed by atoms with E-state index in [0.29, 0.717) is 23.3 Å². The Hall–Kier alpha value is -2.51. The van der Waals surface area contributed by atoms with Crippen molar-refractivity contribution >= 4 is 29.3 Å². The molecule has 3 rings (SSSR count). The van der Waals surface area contributed by atoms with Crippen LogP contribution in [-0.4, -0.2) is 40.1 Å². The fraction of sp³-hybridized carbons (Fsp3) is 0.286. The van der Waals surface area contributed by atoms with Gasteiger partial charge in [0.25, 0.3) is 0 Å². The molecule has 0 saturated carbocycles.